The number of likely N-dealkylation sites (N-methyl/N-ethyl adjacent to an activating group) is 1. The molecule has 0 saturated heterocycles. The highest BCUT2D eigenvalue weighted by Gasteiger charge is 2.11. The lowest BCUT2D eigenvalue weighted by atomic mass is 10.3. The number of benzene rings is 1. The first-order valence-corrected chi connectivity index (χ1v) is 6.85. The van der Waals surface area contributed by atoms with E-state index in [0.717, 1.165) is 10.6 Å². The predicted molar refractivity (Wildman–Crippen MR) is 73.1 cm³/mol. The molecule has 0 atom stereocenters. The molecular weight excluding hydrogens is 250 g/mol. The van der Waals surface area contributed by atoms with Crippen LogP contribution in [0.25, 0.3) is 0 Å². The van der Waals surface area contributed by atoms with Crippen molar-refractivity contribution in [3.8, 4) is 5.75 Å². The van der Waals surface area contributed by atoms with Crippen LogP contribution in [-0.4, -0.2) is 48.5 Å². The summed E-state index contributed by atoms with van der Waals surface area (Å²) in [6.45, 7) is 2.94. The molecule has 1 aromatic carbocycles. The molecule has 1 amide bonds. The minimum Gasteiger partial charge on any atom is -0.497 e. The van der Waals surface area contributed by atoms with E-state index in [1.165, 1.54) is 11.8 Å². The number of carbonyl (C=O) groups is 1. The van der Waals surface area contributed by atoms with Crippen LogP contribution in [0.15, 0.2) is 29.2 Å². The molecule has 0 bridgehead atoms. The standard InChI is InChI=1S/C13H19NO3S/c1-3-14(8-9-15)13(16)10-18-12-6-4-11(17-2)5-7-12/h4-7,15H,3,8-10H2,1-2H3. The SMILES string of the molecule is CCN(CCO)C(=O)CSc1ccc(OC)cc1. The number of ether oxygens (including phenoxy) is 1. The second-order valence-corrected chi connectivity index (χ2v) is 4.71. The monoisotopic (exact) mass is 269 g/mol. The van der Waals surface area contributed by atoms with Gasteiger partial charge in [0, 0.05) is 18.0 Å². The van der Waals surface area contributed by atoms with E-state index in [4.69, 9.17) is 9.84 Å². The van der Waals surface area contributed by atoms with Gasteiger partial charge in [-0.15, -0.1) is 11.8 Å². The van der Waals surface area contributed by atoms with Crippen LogP contribution in [0.5, 0.6) is 5.75 Å². The number of amides is 1. The highest BCUT2D eigenvalue weighted by molar-refractivity contribution is 8.00. The van der Waals surface area contributed by atoms with Crippen molar-refractivity contribution in [3.05, 3.63) is 24.3 Å². The Morgan fingerprint density at radius 1 is 1.39 bits per heavy atom. The van der Waals surface area contributed by atoms with Crippen molar-refractivity contribution in [2.45, 2.75) is 11.8 Å². The lowest BCUT2D eigenvalue weighted by Gasteiger charge is -2.19. The zero-order valence-corrected chi connectivity index (χ0v) is 11.6. The molecule has 100 valence electrons. The number of rotatable bonds is 7. The molecular formula is C13H19NO3S. The van der Waals surface area contributed by atoms with Crippen molar-refractivity contribution in [2.75, 3.05) is 32.6 Å². The third-order valence-electron chi connectivity index (χ3n) is 2.53. The van der Waals surface area contributed by atoms with Crippen molar-refractivity contribution in [1.29, 1.82) is 0 Å². The van der Waals surface area contributed by atoms with E-state index in [1.54, 1.807) is 12.0 Å². The molecule has 0 fully saturated rings. The number of thioether (sulfide) groups is 1. The van der Waals surface area contributed by atoms with Gasteiger partial charge in [-0.05, 0) is 31.2 Å². The Balaban J connectivity index is 2.45. The average Bonchev–Trinajstić information content (AvgIpc) is 2.42. The molecule has 5 heteroatoms. The highest BCUT2D eigenvalue weighted by atomic mass is 32.2. The Bertz CT molecular complexity index is 367. The summed E-state index contributed by atoms with van der Waals surface area (Å²) in [4.78, 5) is 14.5. The van der Waals surface area contributed by atoms with Gasteiger partial charge in [-0.2, -0.15) is 0 Å². The average molecular weight is 269 g/mol. The fraction of sp³-hybridized carbons (Fsp3) is 0.462. The lowest BCUT2D eigenvalue weighted by Crippen LogP contribution is -2.34. The molecule has 4 nitrogen and oxygen atoms in total. The van der Waals surface area contributed by atoms with Crippen molar-refractivity contribution in [2.24, 2.45) is 0 Å². The van der Waals surface area contributed by atoms with Crippen LogP contribution >= 0.6 is 11.8 Å². The second kappa shape index (κ2) is 8.00. The minimum absolute atomic E-state index is 0.00673. The molecule has 1 rings (SSSR count). The zero-order chi connectivity index (χ0) is 13.4. The molecule has 0 aliphatic carbocycles. The van der Waals surface area contributed by atoms with Crippen molar-refractivity contribution < 1.29 is 14.6 Å². The first-order chi connectivity index (χ1) is 8.71. The van der Waals surface area contributed by atoms with Crippen LogP contribution < -0.4 is 4.74 Å². The van der Waals surface area contributed by atoms with Crippen LogP contribution in [0.1, 0.15) is 6.92 Å². The second-order valence-electron chi connectivity index (χ2n) is 3.66. The van der Waals surface area contributed by atoms with Gasteiger partial charge in [0.2, 0.25) is 5.91 Å². The normalized spacial score (nSPS) is 10.2. The molecule has 0 aliphatic heterocycles. The van der Waals surface area contributed by atoms with E-state index in [2.05, 4.69) is 0 Å². The van der Waals surface area contributed by atoms with Crippen LogP contribution in [0.4, 0.5) is 0 Å². The van der Waals surface area contributed by atoms with Crippen molar-refractivity contribution in [1.82, 2.24) is 4.90 Å². The number of carbonyl (C=O) groups excluding carboxylic acids is 1. The lowest BCUT2D eigenvalue weighted by molar-refractivity contribution is -0.128. The van der Waals surface area contributed by atoms with Gasteiger partial charge < -0.3 is 14.7 Å². The maximum atomic E-state index is 11.8. The van der Waals surface area contributed by atoms with Gasteiger partial charge in [0.25, 0.3) is 0 Å². The van der Waals surface area contributed by atoms with Gasteiger partial charge in [-0.25, -0.2) is 0 Å². The third-order valence-corrected chi connectivity index (χ3v) is 3.52. The maximum Gasteiger partial charge on any atom is 0.233 e. The first-order valence-electron chi connectivity index (χ1n) is 5.86. The molecule has 0 saturated carbocycles. The maximum absolute atomic E-state index is 11.8. The van der Waals surface area contributed by atoms with Gasteiger partial charge in [0.1, 0.15) is 5.75 Å². The summed E-state index contributed by atoms with van der Waals surface area (Å²) in [6, 6.07) is 7.61. The number of hydrogen-bond donors (Lipinski definition) is 1. The largest absolute Gasteiger partial charge is 0.497 e. The van der Waals surface area contributed by atoms with Crippen LogP contribution in [0, 0.1) is 0 Å². The summed E-state index contributed by atoms with van der Waals surface area (Å²) >= 11 is 1.49. The zero-order valence-electron chi connectivity index (χ0n) is 10.8. The van der Waals surface area contributed by atoms with Crippen LogP contribution in [-0.2, 0) is 4.79 Å². The van der Waals surface area contributed by atoms with Gasteiger partial charge in [-0.1, -0.05) is 0 Å². The fourth-order valence-electron chi connectivity index (χ4n) is 1.49. The molecule has 1 aromatic rings. The summed E-state index contributed by atoms with van der Waals surface area (Å²) in [7, 11) is 1.62. The molecule has 0 spiro atoms. The number of aliphatic hydroxyl groups is 1. The third kappa shape index (κ3) is 4.58. The summed E-state index contributed by atoms with van der Waals surface area (Å²) in [5.41, 5.74) is 0. The quantitative estimate of drug-likeness (QED) is 0.764. The van der Waals surface area contributed by atoms with Crippen LogP contribution in [0.2, 0.25) is 0 Å². The number of methoxy groups -OCH3 is 1. The van der Waals surface area contributed by atoms with Crippen molar-refractivity contribution >= 4 is 17.7 Å². The van der Waals surface area contributed by atoms with Crippen LogP contribution in [0.3, 0.4) is 0 Å². The molecule has 0 aliphatic rings. The molecule has 0 aromatic heterocycles. The number of aliphatic hydroxyl groups excluding tert-OH is 1. The Morgan fingerprint density at radius 2 is 2.06 bits per heavy atom. The van der Waals surface area contributed by atoms with E-state index >= 15 is 0 Å². The number of hydrogen-bond acceptors (Lipinski definition) is 4. The molecule has 0 unspecified atom stereocenters. The Labute approximate surface area is 112 Å². The molecule has 0 heterocycles. The van der Waals surface area contributed by atoms with Gasteiger partial charge in [-0.3, -0.25) is 4.79 Å². The number of nitrogens with zero attached hydrogens (tertiary/aromatic N) is 1. The Morgan fingerprint density at radius 3 is 2.56 bits per heavy atom. The summed E-state index contributed by atoms with van der Waals surface area (Å²) in [5, 5.41) is 8.85. The first kappa shape index (κ1) is 14.9. The molecule has 0 radical (unpaired) electrons. The molecule has 18 heavy (non-hydrogen) atoms. The predicted octanol–water partition coefficient (Wildman–Crippen LogP) is 1.63. The Kier molecular flexibility index (Phi) is 6.60. The highest BCUT2D eigenvalue weighted by Crippen LogP contribution is 2.21. The summed E-state index contributed by atoms with van der Waals surface area (Å²) in [5.74, 6) is 1.24. The van der Waals surface area contributed by atoms with E-state index in [-0.39, 0.29) is 12.5 Å². The smallest absolute Gasteiger partial charge is 0.233 e. The van der Waals surface area contributed by atoms with Gasteiger partial charge in [0.05, 0.1) is 19.5 Å². The van der Waals surface area contributed by atoms with E-state index in [9.17, 15) is 4.79 Å². The molecule has 1 N–H and O–H groups in total. The fourth-order valence-corrected chi connectivity index (χ4v) is 2.29. The van der Waals surface area contributed by atoms with Gasteiger partial charge in [0.15, 0.2) is 0 Å². The Hall–Kier alpha value is -1.20. The topological polar surface area (TPSA) is 49.8 Å². The van der Waals surface area contributed by atoms with E-state index in [0.29, 0.717) is 18.8 Å². The van der Waals surface area contributed by atoms with E-state index in [1.807, 2.05) is 31.2 Å². The van der Waals surface area contributed by atoms with E-state index < -0.39 is 0 Å². The summed E-state index contributed by atoms with van der Waals surface area (Å²) < 4.78 is 5.07. The summed E-state index contributed by atoms with van der Waals surface area (Å²) in [6.07, 6.45) is 0. The van der Waals surface area contributed by atoms with Crippen molar-refractivity contribution in [3.63, 3.8) is 0 Å². The van der Waals surface area contributed by atoms with Gasteiger partial charge >= 0.3 is 0 Å². The minimum atomic E-state index is 0.00673.